The first-order valence-corrected chi connectivity index (χ1v) is 7.92. The van der Waals surface area contributed by atoms with Crippen LogP contribution < -0.4 is 0 Å². The molecule has 130 valence electrons. The molecule has 0 spiro atoms. The van der Waals surface area contributed by atoms with Crippen molar-refractivity contribution in [3.8, 4) is 0 Å². The van der Waals surface area contributed by atoms with E-state index >= 15 is 0 Å². The molecule has 0 radical (unpaired) electrons. The summed E-state index contributed by atoms with van der Waals surface area (Å²) in [5.41, 5.74) is 0.838. The van der Waals surface area contributed by atoms with Gasteiger partial charge in [0.2, 0.25) is 5.91 Å². The Morgan fingerprint density at radius 2 is 1.92 bits per heavy atom. The first-order valence-electron chi connectivity index (χ1n) is 7.92. The SMILES string of the molecule is O=C(Cn1ccc2ccccc21)N(CC(F)(F)F)C1CCOCC1. The number of rotatable bonds is 4. The first-order chi connectivity index (χ1) is 11.4. The summed E-state index contributed by atoms with van der Waals surface area (Å²) in [5, 5.41) is 0.957. The normalized spacial score (nSPS) is 16.5. The second-order valence-electron chi connectivity index (χ2n) is 5.98. The number of ether oxygens (including phenoxy) is 1. The van der Waals surface area contributed by atoms with Crippen molar-refractivity contribution < 1.29 is 22.7 Å². The van der Waals surface area contributed by atoms with E-state index in [-0.39, 0.29) is 6.54 Å². The van der Waals surface area contributed by atoms with E-state index in [2.05, 4.69) is 0 Å². The van der Waals surface area contributed by atoms with Gasteiger partial charge in [0.05, 0.1) is 0 Å². The molecule has 1 saturated heterocycles. The molecule has 2 heterocycles. The zero-order valence-corrected chi connectivity index (χ0v) is 13.1. The Kier molecular flexibility index (Phi) is 4.80. The highest BCUT2D eigenvalue weighted by molar-refractivity contribution is 5.83. The smallest absolute Gasteiger partial charge is 0.381 e. The zero-order valence-electron chi connectivity index (χ0n) is 13.1. The van der Waals surface area contributed by atoms with Crippen molar-refractivity contribution in [2.24, 2.45) is 0 Å². The van der Waals surface area contributed by atoms with Gasteiger partial charge in [-0.1, -0.05) is 18.2 Å². The number of hydrogen-bond acceptors (Lipinski definition) is 2. The van der Waals surface area contributed by atoms with E-state index in [1.54, 1.807) is 10.8 Å². The van der Waals surface area contributed by atoms with Gasteiger partial charge in [-0.25, -0.2) is 0 Å². The fourth-order valence-corrected chi connectivity index (χ4v) is 3.13. The lowest BCUT2D eigenvalue weighted by Crippen LogP contribution is -2.48. The van der Waals surface area contributed by atoms with Gasteiger partial charge in [0.25, 0.3) is 0 Å². The molecular weight excluding hydrogens is 321 g/mol. The third-order valence-electron chi connectivity index (χ3n) is 4.29. The quantitative estimate of drug-likeness (QED) is 0.857. The van der Waals surface area contributed by atoms with Gasteiger partial charge in [-0.3, -0.25) is 4.79 Å². The summed E-state index contributed by atoms with van der Waals surface area (Å²) in [6, 6.07) is 8.91. The zero-order chi connectivity index (χ0) is 17.2. The van der Waals surface area contributed by atoms with Crippen LogP contribution in [0.4, 0.5) is 13.2 Å². The topological polar surface area (TPSA) is 34.5 Å². The Morgan fingerprint density at radius 3 is 2.62 bits per heavy atom. The van der Waals surface area contributed by atoms with Crippen LogP contribution in [0.2, 0.25) is 0 Å². The number of alkyl halides is 3. The summed E-state index contributed by atoms with van der Waals surface area (Å²) in [4.78, 5) is 13.6. The number of benzene rings is 1. The van der Waals surface area contributed by atoms with Crippen molar-refractivity contribution in [1.29, 1.82) is 0 Å². The fourth-order valence-electron chi connectivity index (χ4n) is 3.13. The monoisotopic (exact) mass is 340 g/mol. The molecule has 1 amide bonds. The molecule has 0 aliphatic carbocycles. The third-order valence-corrected chi connectivity index (χ3v) is 4.29. The van der Waals surface area contributed by atoms with Crippen LogP contribution in [0.3, 0.4) is 0 Å². The van der Waals surface area contributed by atoms with Crippen LogP contribution in [0.15, 0.2) is 36.5 Å². The number of nitrogens with zero attached hydrogens (tertiary/aromatic N) is 2. The van der Waals surface area contributed by atoms with Gasteiger partial charge < -0.3 is 14.2 Å². The van der Waals surface area contributed by atoms with Crippen molar-refractivity contribution in [1.82, 2.24) is 9.47 Å². The summed E-state index contributed by atoms with van der Waals surface area (Å²) in [6.07, 6.45) is -1.80. The van der Waals surface area contributed by atoms with E-state index in [0.717, 1.165) is 15.8 Å². The van der Waals surface area contributed by atoms with Gasteiger partial charge in [0, 0.05) is 31.0 Å². The molecule has 0 unspecified atom stereocenters. The number of aromatic nitrogens is 1. The van der Waals surface area contributed by atoms with Gasteiger partial charge in [-0.05, 0) is 30.4 Å². The van der Waals surface area contributed by atoms with Crippen molar-refractivity contribution in [3.05, 3.63) is 36.5 Å². The summed E-state index contributed by atoms with van der Waals surface area (Å²) in [6.45, 7) is -0.534. The molecule has 4 nitrogen and oxygen atoms in total. The lowest BCUT2D eigenvalue weighted by atomic mass is 10.1. The Labute approximate surface area is 137 Å². The second kappa shape index (κ2) is 6.84. The minimum atomic E-state index is -4.41. The predicted molar refractivity (Wildman–Crippen MR) is 83.5 cm³/mol. The van der Waals surface area contributed by atoms with Crippen LogP contribution in [-0.2, 0) is 16.1 Å². The summed E-state index contributed by atoms with van der Waals surface area (Å²) in [7, 11) is 0. The third kappa shape index (κ3) is 3.90. The molecule has 0 saturated carbocycles. The van der Waals surface area contributed by atoms with Crippen LogP contribution in [0.5, 0.6) is 0 Å². The number of fused-ring (bicyclic) bond motifs is 1. The van der Waals surface area contributed by atoms with Gasteiger partial charge in [-0.15, -0.1) is 0 Å². The van der Waals surface area contributed by atoms with Crippen LogP contribution in [-0.4, -0.2) is 47.4 Å². The number of halogens is 3. The molecule has 1 aliphatic heterocycles. The highest BCUT2D eigenvalue weighted by Crippen LogP contribution is 2.23. The maximum absolute atomic E-state index is 12.9. The molecule has 1 aliphatic rings. The maximum atomic E-state index is 12.9. The molecule has 24 heavy (non-hydrogen) atoms. The number of carbonyl (C=O) groups is 1. The average Bonchev–Trinajstić information content (AvgIpc) is 2.96. The molecule has 0 atom stereocenters. The second-order valence-corrected chi connectivity index (χ2v) is 5.98. The molecular formula is C17H19F3N2O2. The largest absolute Gasteiger partial charge is 0.406 e. The standard InChI is InChI=1S/C17H19F3N2O2/c18-17(19,20)12-22(14-6-9-24-10-7-14)16(23)11-21-8-5-13-3-1-2-4-15(13)21/h1-5,8,14H,6-7,9-12H2. The lowest BCUT2D eigenvalue weighted by Gasteiger charge is -2.35. The molecule has 7 heteroatoms. The Balaban J connectivity index is 1.79. The van der Waals surface area contributed by atoms with Crippen LogP contribution >= 0.6 is 0 Å². The number of amides is 1. The molecule has 1 aromatic carbocycles. The van der Waals surface area contributed by atoms with E-state index < -0.39 is 24.7 Å². The van der Waals surface area contributed by atoms with Gasteiger partial charge >= 0.3 is 6.18 Å². The fraction of sp³-hybridized carbons (Fsp3) is 0.471. The Hall–Kier alpha value is -2.02. The molecule has 1 fully saturated rings. The van der Waals surface area contributed by atoms with Crippen molar-refractivity contribution >= 4 is 16.8 Å². The maximum Gasteiger partial charge on any atom is 0.406 e. The van der Waals surface area contributed by atoms with Gasteiger partial charge in [0.1, 0.15) is 13.1 Å². The minimum absolute atomic E-state index is 0.0963. The first kappa shape index (κ1) is 16.8. The van der Waals surface area contributed by atoms with E-state index in [4.69, 9.17) is 4.74 Å². The Bertz CT molecular complexity index is 705. The number of hydrogen-bond donors (Lipinski definition) is 0. The van der Waals surface area contributed by atoms with Crippen molar-refractivity contribution in [2.45, 2.75) is 31.6 Å². The average molecular weight is 340 g/mol. The molecule has 1 aromatic heterocycles. The van der Waals surface area contributed by atoms with E-state index in [1.165, 1.54) is 0 Å². The van der Waals surface area contributed by atoms with Crippen LogP contribution in [0.25, 0.3) is 10.9 Å². The minimum Gasteiger partial charge on any atom is -0.381 e. The van der Waals surface area contributed by atoms with Crippen LogP contribution in [0, 0.1) is 0 Å². The highest BCUT2D eigenvalue weighted by Gasteiger charge is 2.37. The van der Waals surface area contributed by atoms with Gasteiger partial charge in [0.15, 0.2) is 0 Å². The van der Waals surface area contributed by atoms with Crippen molar-refractivity contribution in [2.75, 3.05) is 19.8 Å². The summed E-state index contributed by atoms with van der Waals surface area (Å²) >= 11 is 0. The number of para-hydroxylation sites is 1. The molecule has 0 bridgehead atoms. The Morgan fingerprint density at radius 1 is 1.21 bits per heavy atom. The lowest BCUT2D eigenvalue weighted by molar-refractivity contribution is -0.169. The van der Waals surface area contributed by atoms with E-state index in [1.807, 2.05) is 30.3 Å². The van der Waals surface area contributed by atoms with Crippen LogP contribution in [0.1, 0.15) is 12.8 Å². The molecule has 3 rings (SSSR count). The molecule has 0 N–H and O–H groups in total. The highest BCUT2D eigenvalue weighted by atomic mass is 19.4. The predicted octanol–water partition coefficient (Wildman–Crippen LogP) is 3.21. The summed E-state index contributed by atoms with van der Waals surface area (Å²) in [5.74, 6) is -0.513. The molecule has 2 aromatic rings. The van der Waals surface area contributed by atoms with Gasteiger partial charge in [-0.2, -0.15) is 13.2 Å². The summed E-state index contributed by atoms with van der Waals surface area (Å²) < 4.78 is 45.7. The van der Waals surface area contributed by atoms with E-state index in [9.17, 15) is 18.0 Å². The number of carbonyl (C=O) groups excluding carboxylic acids is 1. The van der Waals surface area contributed by atoms with Crippen molar-refractivity contribution in [3.63, 3.8) is 0 Å². The van der Waals surface area contributed by atoms with E-state index in [0.29, 0.717) is 26.1 Å².